The zero-order chi connectivity index (χ0) is 23.0. The molecule has 0 bridgehead atoms. The Morgan fingerprint density at radius 1 is 1.12 bits per heavy atom. The van der Waals surface area contributed by atoms with Gasteiger partial charge in [0.2, 0.25) is 5.91 Å². The Morgan fingerprint density at radius 3 is 2.70 bits per heavy atom. The molecule has 33 heavy (non-hydrogen) atoms. The molecule has 2 heterocycles. The van der Waals surface area contributed by atoms with Crippen LogP contribution in [0.5, 0.6) is 5.75 Å². The average molecular weight is 449 g/mol. The lowest BCUT2D eigenvalue weighted by molar-refractivity contribution is -0.121. The number of likely N-dealkylation sites (tertiary alicyclic amines) is 1. The fourth-order valence-corrected chi connectivity index (χ4v) is 4.58. The third-order valence-corrected chi connectivity index (χ3v) is 6.30. The molecule has 0 saturated carbocycles. The van der Waals surface area contributed by atoms with Gasteiger partial charge in [-0.3, -0.25) is 14.5 Å². The Hall–Kier alpha value is -3.19. The van der Waals surface area contributed by atoms with Gasteiger partial charge in [-0.2, -0.15) is 0 Å². The molecule has 7 heteroatoms. The molecule has 1 unspecified atom stereocenters. The summed E-state index contributed by atoms with van der Waals surface area (Å²) >= 11 is 0. The topological polar surface area (TPSA) is 87.3 Å². The van der Waals surface area contributed by atoms with E-state index in [4.69, 9.17) is 4.74 Å². The number of benzene rings is 2. The summed E-state index contributed by atoms with van der Waals surface area (Å²) in [5.41, 5.74) is 1.66. The number of rotatable bonds is 9. The predicted molar refractivity (Wildman–Crippen MR) is 129 cm³/mol. The fourth-order valence-electron chi connectivity index (χ4n) is 4.58. The zero-order valence-electron chi connectivity index (χ0n) is 19.2. The molecule has 1 fully saturated rings. The minimum absolute atomic E-state index is 0.00930. The standard InChI is InChI=1S/C26H32N4O3/c1-33-23-13-6-4-11-20(23)22(30-16-7-2-8-17-30)18-27-25(31)15-9-14-24-28-21-12-5-3-10-19(21)26(32)29-24/h3-6,10-13,22H,2,7-9,14-18H2,1H3,(H,27,31)(H,28,29,32). The second-order valence-electron chi connectivity index (χ2n) is 8.54. The molecule has 1 atom stereocenters. The number of hydrogen-bond donors (Lipinski definition) is 2. The van der Waals surface area contributed by atoms with E-state index in [0.717, 1.165) is 24.4 Å². The van der Waals surface area contributed by atoms with Gasteiger partial charge in [0.05, 0.1) is 24.1 Å². The molecule has 0 spiro atoms. The van der Waals surface area contributed by atoms with Gasteiger partial charge in [0.1, 0.15) is 11.6 Å². The molecule has 1 aromatic heterocycles. The Labute approximate surface area is 194 Å². The molecule has 4 rings (SSSR count). The van der Waals surface area contributed by atoms with E-state index in [-0.39, 0.29) is 17.5 Å². The Morgan fingerprint density at radius 2 is 1.88 bits per heavy atom. The minimum atomic E-state index is -0.138. The molecule has 1 aliphatic rings. The first kappa shape index (κ1) is 23.0. The van der Waals surface area contributed by atoms with Gasteiger partial charge in [-0.15, -0.1) is 0 Å². The van der Waals surface area contributed by atoms with E-state index in [1.54, 1.807) is 13.2 Å². The van der Waals surface area contributed by atoms with Crippen molar-refractivity contribution in [2.75, 3.05) is 26.7 Å². The maximum Gasteiger partial charge on any atom is 0.258 e. The number of aromatic nitrogens is 2. The maximum absolute atomic E-state index is 12.6. The van der Waals surface area contributed by atoms with Crippen molar-refractivity contribution in [1.82, 2.24) is 20.2 Å². The van der Waals surface area contributed by atoms with Crippen molar-refractivity contribution in [3.63, 3.8) is 0 Å². The van der Waals surface area contributed by atoms with Crippen LogP contribution in [0.4, 0.5) is 0 Å². The summed E-state index contributed by atoms with van der Waals surface area (Å²) in [7, 11) is 1.69. The van der Waals surface area contributed by atoms with Crippen LogP contribution < -0.4 is 15.6 Å². The summed E-state index contributed by atoms with van der Waals surface area (Å²) in [4.78, 5) is 34.7. The molecule has 2 aromatic carbocycles. The van der Waals surface area contributed by atoms with Crippen LogP contribution in [0.1, 0.15) is 49.5 Å². The lowest BCUT2D eigenvalue weighted by atomic mass is 10.0. The molecule has 2 N–H and O–H groups in total. The molecule has 174 valence electrons. The number of H-pyrrole nitrogens is 1. The zero-order valence-corrected chi connectivity index (χ0v) is 19.2. The first-order chi connectivity index (χ1) is 16.2. The Bertz CT molecular complexity index is 1140. The molecule has 0 aliphatic carbocycles. The van der Waals surface area contributed by atoms with Crippen LogP contribution in [0.3, 0.4) is 0 Å². The average Bonchev–Trinajstić information content (AvgIpc) is 2.85. The number of ether oxygens (including phenoxy) is 1. The number of carbonyl (C=O) groups is 1. The number of methoxy groups -OCH3 is 1. The quantitative estimate of drug-likeness (QED) is 0.522. The highest BCUT2D eigenvalue weighted by Gasteiger charge is 2.25. The van der Waals surface area contributed by atoms with Crippen molar-refractivity contribution in [3.05, 3.63) is 70.3 Å². The molecule has 1 saturated heterocycles. The monoisotopic (exact) mass is 448 g/mol. The lowest BCUT2D eigenvalue weighted by Crippen LogP contribution is -2.40. The van der Waals surface area contributed by atoms with Crippen LogP contribution in [0, 0.1) is 0 Å². The summed E-state index contributed by atoms with van der Waals surface area (Å²) < 4.78 is 5.60. The van der Waals surface area contributed by atoms with E-state index >= 15 is 0 Å². The van der Waals surface area contributed by atoms with Crippen molar-refractivity contribution < 1.29 is 9.53 Å². The second-order valence-corrected chi connectivity index (χ2v) is 8.54. The van der Waals surface area contributed by atoms with Crippen LogP contribution in [0.15, 0.2) is 53.3 Å². The first-order valence-electron chi connectivity index (χ1n) is 11.8. The van der Waals surface area contributed by atoms with Crippen LogP contribution in [0.2, 0.25) is 0 Å². The smallest absolute Gasteiger partial charge is 0.258 e. The van der Waals surface area contributed by atoms with Gasteiger partial charge in [0, 0.05) is 24.9 Å². The van der Waals surface area contributed by atoms with E-state index in [9.17, 15) is 9.59 Å². The summed E-state index contributed by atoms with van der Waals surface area (Å²) in [6.45, 7) is 2.60. The molecule has 1 aliphatic heterocycles. The van der Waals surface area contributed by atoms with Crippen molar-refractivity contribution in [1.29, 1.82) is 0 Å². The second kappa shape index (κ2) is 11.1. The van der Waals surface area contributed by atoms with Crippen molar-refractivity contribution in [3.8, 4) is 5.75 Å². The predicted octanol–water partition coefficient (Wildman–Crippen LogP) is 3.60. The van der Waals surface area contributed by atoms with E-state index < -0.39 is 0 Å². The Kier molecular flexibility index (Phi) is 7.73. The molecule has 0 radical (unpaired) electrons. The van der Waals surface area contributed by atoms with Gasteiger partial charge in [0.25, 0.3) is 5.56 Å². The highest BCUT2D eigenvalue weighted by Crippen LogP contribution is 2.30. The number of nitrogens with one attached hydrogen (secondary N) is 2. The van der Waals surface area contributed by atoms with Gasteiger partial charge in [-0.25, -0.2) is 4.98 Å². The van der Waals surface area contributed by atoms with E-state index in [1.165, 1.54) is 19.3 Å². The number of nitrogens with zero attached hydrogens (tertiary/aromatic N) is 2. The van der Waals surface area contributed by atoms with Gasteiger partial charge in [-0.1, -0.05) is 36.8 Å². The number of aryl methyl sites for hydroxylation is 1. The number of aromatic amines is 1. The highest BCUT2D eigenvalue weighted by atomic mass is 16.5. The highest BCUT2D eigenvalue weighted by molar-refractivity contribution is 5.77. The van der Waals surface area contributed by atoms with Crippen molar-refractivity contribution >= 4 is 16.8 Å². The minimum Gasteiger partial charge on any atom is -0.496 e. The number of carbonyl (C=O) groups excluding carboxylic acids is 1. The van der Waals surface area contributed by atoms with Crippen molar-refractivity contribution in [2.45, 2.75) is 44.6 Å². The van der Waals surface area contributed by atoms with Gasteiger partial charge in [-0.05, 0) is 50.6 Å². The third kappa shape index (κ3) is 5.79. The number of hydrogen-bond acceptors (Lipinski definition) is 5. The number of fused-ring (bicyclic) bond motifs is 1. The normalized spacial score (nSPS) is 15.3. The van der Waals surface area contributed by atoms with Gasteiger partial charge >= 0.3 is 0 Å². The van der Waals surface area contributed by atoms with Crippen LogP contribution in [-0.2, 0) is 11.2 Å². The molecular formula is C26H32N4O3. The third-order valence-electron chi connectivity index (χ3n) is 6.30. The summed E-state index contributed by atoms with van der Waals surface area (Å²) in [6.07, 6.45) is 5.17. The Balaban J connectivity index is 1.35. The fraction of sp³-hybridized carbons (Fsp3) is 0.423. The summed E-state index contributed by atoms with van der Waals surface area (Å²) in [6, 6.07) is 15.4. The summed E-state index contributed by atoms with van der Waals surface area (Å²) in [5.74, 6) is 1.48. The number of para-hydroxylation sites is 2. The maximum atomic E-state index is 12.6. The molecular weight excluding hydrogens is 416 g/mol. The lowest BCUT2D eigenvalue weighted by Gasteiger charge is -2.35. The van der Waals surface area contributed by atoms with E-state index in [1.807, 2.05) is 36.4 Å². The SMILES string of the molecule is COc1ccccc1C(CNC(=O)CCCc1nc2ccccc2c(=O)[nH]1)N1CCCCC1. The van der Waals surface area contributed by atoms with E-state index in [2.05, 4.69) is 26.3 Å². The molecule has 7 nitrogen and oxygen atoms in total. The number of amides is 1. The van der Waals surface area contributed by atoms with Gasteiger partial charge < -0.3 is 15.0 Å². The largest absolute Gasteiger partial charge is 0.496 e. The number of piperidine rings is 1. The van der Waals surface area contributed by atoms with Crippen LogP contribution in [-0.4, -0.2) is 47.5 Å². The van der Waals surface area contributed by atoms with E-state index in [0.29, 0.717) is 42.5 Å². The van der Waals surface area contributed by atoms with Crippen LogP contribution >= 0.6 is 0 Å². The molecule has 3 aromatic rings. The first-order valence-corrected chi connectivity index (χ1v) is 11.8. The summed E-state index contributed by atoms with van der Waals surface area (Å²) in [5, 5.41) is 3.71. The molecule has 1 amide bonds. The van der Waals surface area contributed by atoms with Crippen LogP contribution in [0.25, 0.3) is 10.9 Å². The van der Waals surface area contributed by atoms with Crippen molar-refractivity contribution in [2.24, 2.45) is 0 Å². The van der Waals surface area contributed by atoms with Gasteiger partial charge in [0.15, 0.2) is 0 Å².